The van der Waals surface area contributed by atoms with Gasteiger partial charge in [-0.15, -0.1) is 0 Å². The number of rotatable bonds is 3. The molecular weight excluding hydrogens is 338 g/mol. The van der Waals surface area contributed by atoms with Crippen LogP contribution in [0.5, 0.6) is 0 Å². The third kappa shape index (κ3) is 4.71. The van der Waals surface area contributed by atoms with E-state index in [0.717, 1.165) is 30.2 Å². The second-order valence-corrected chi connectivity index (χ2v) is 8.78. The summed E-state index contributed by atoms with van der Waals surface area (Å²) in [5, 5.41) is 3.00. The van der Waals surface area contributed by atoms with Crippen LogP contribution in [-0.4, -0.2) is 29.0 Å². The minimum atomic E-state index is -0.0338. The van der Waals surface area contributed by atoms with Crippen molar-refractivity contribution < 1.29 is 9.21 Å². The molecule has 1 N–H and O–H groups in total. The van der Waals surface area contributed by atoms with Crippen LogP contribution in [0.1, 0.15) is 76.5 Å². The zero-order chi connectivity index (χ0) is 19.6. The van der Waals surface area contributed by atoms with Crippen LogP contribution < -0.4 is 5.32 Å². The molecule has 2 amide bonds. The molecule has 27 heavy (non-hydrogen) atoms. The monoisotopic (exact) mass is 369 g/mol. The first kappa shape index (κ1) is 19.5. The van der Waals surface area contributed by atoms with Gasteiger partial charge in [-0.25, -0.2) is 9.78 Å². The minimum absolute atomic E-state index is 0.0308. The van der Waals surface area contributed by atoms with E-state index in [1.165, 1.54) is 5.56 Å². The summed E-state index contributed by atoms with van der Waals surface area (Å²) in [6.45, 7) is 12.1. The van der Waals surface area contributed by atoms with Gasteiger partial charge in [0, 0.05) is 30.1 Å². The Morgan fingerprint density at radius 2 is 1.81 bits per heavy atom. The maximum atomic E-state index is 12.5. The van der Waals surface area contributed by atoms with Gasteiger partial charge in [-0.3, -0.25) is 0 Å². The molecular formula is C22H31N3O2. The quantitative estimate of drug-likeness (QED) is 0.776. The highest BCUT2D eigenvalue weighted by molar-refractivity contribution is 5.89. The number of urea groups is 1. The van der Waals surface area contributed by atoms with Crippen molar-refractivity contribution in [2.24, 2.45) is 0 Å². The highest BCUT2D eigenvalue weighted by Crippen LogP contribution is 2.31. The molecule has 1 aliphatic heterocycles. The summed E-state index contributed by atoms with van der Waals surface area (Å²) in [7, 11) is 0. The molecule has 5 heteroatoms. The van der Waals surface area contributed by atoms with Crippen molar-refractivity contribution >= 4 is 11.7 Å². The van der Waals surface area contributed by atoms with E-state index in [1.54, 1.807) is 0 Å². The molecule has 0 saturated carbocycles. The van der Waals surface area contributed by atoms with Crippen LogP contribution in [0.3, 0.4) is 0 Å². The molecule has 1 saturated heterocycles. The molecule has 1 aromatic heterocycles. The molecule has 2 aromatic rings. The zero-order valence-electron chi connectivity index (χ0n) is 17.1. The van der Waals surface area contributed by atoms with Gasteiger partial charge in [0.25, 0.3) is 0 Å². The van der Waals surface area contributed by atoms with E-state index in [-0.39, 0.29) is 17.4 Å². The van der Waals surface area contributed by atoms with Crippen molar-refractivity contribution in [2.45, 2.75) is 64.7 Å². The zero-order valence-corrected chi connectivity index (χ0v) is 17.1. The van der Waals surface area contributed by atoms with Gasteiger partial charge in [-0.05, 0) is 36.5 Å². The number of benzene rings is 1. The van der Waals surface area contributed by atoms with Gasteiger partial charge < -0.3 is 14.6 Å². The van der Waals surface area contributed by atoms with E-state index in [0.29, 0.717) is 19.0 Å². The van der Waals surface area contributed by atoms with E-state index in [2.05, 4.69) is 57.1 Å². The van der Waals surface area contributed by atoms with Crippen LogP contribution in [0, 0.1) is 0 Å². The molecule has 3 rings (SSSR count). The number of carbonyl (C=O) groups excluding carboxylic acids is 1. The maximum Gasteiger partial charge on any atom is 0.321 e. The average molecular weight is 370 g/mol. The van der Waals surface area contributed by atoms with E-state index in [1.807, 2.05) is 23.2 Å². The van der Waals surface area contributed by atoms with Crippen LogP contribution in [0.4, 0.5) is 10.5 Å². The molecule has 146 valence electrons. The summed E-state index contributed by atoms with van der Waals surface area (Å²) >= 11 is 0. The van der Waals surface area contributed by atoms with Crippen molar-refractivity contribution in [3.8, 4) is 0 Å². The Labute approximate surface area is 162 Å². The van der Waals surface area contributed by atoms with Crippen molar-refractivity contribution in [1.82, 2.24) is 9.88 Å². The van der Waals surface area contributed by atoms with E-state index >= 15 is 0 Å². The number of anilines is 1. The molecule has 0 unspecified atom stereocenters. The number of likely N-dealkylation sites (tertiary alicyclic amines) is 1. The number of oxazole rings is 1. The smallest absolute Gasteiger partial charge is 0.321 e. The summed E-state index contributed by atoms with van der Waals surface area (Å²) in [5.41, 5.74) is 2.08. The first-order chi connectivity index (χ1) is 12.7. The van der Waals surface area contributed by atoms with E-state index in [4.69, 9.17) is 4.42 Å². The molecule has 1 aromatic carbocycles. The molecule has 0 atom stereocenters. The van der Waals surface area contributed by atoms with Gasteiger partial charge >= 0.3 is 6.03 Å². The number of amides is 2. The molecule has 2 heterocycles. The summed E-state index contributed by atoms with van der Waals surface area (Å²) < 4.78 is 5.98. The van der Waals surface area contributed by atoms with Gasteiger partial charge in [0.05, 0.1) is 6.20 Å². The molecule has 0 bridgehead atoms. The van der Waals surface area contributed by atoms with Crippen LogP contribution in [0.2, 0.25) is 0 Å². The molecule has 1 fully saturated rings. The minimum Gasteiger partial charge on any atom is -0.445 e. The molecule has 0 aliphatic carbocycles. The summed E-state index contributed by atoms with van der Waals surface area (Å²) in [6, 6.07) is 8.05. The highest BCUT2D eigenvalue weighted by Gasteiger charge is 2.28. The van der Waals surface area contributed by atoms with Crippen LogP contribution in [0.25, 0.3) is 0 Å². The first-order valence-electron chi connectivity index (χ1n) is 9.86. The lowest BCUT2D eigenvalue weighted by atomic mass is 9.94. The Kier molecular flexibility index (Phi) is 5.59. The number of aromatic nitrogens is 1. The fraction of sp³-hybridized carbons (Fsp3) is 0.545. The van der Waals surface area contributed by atoms with Gasteiger partial charge in [-0.2, -0.15) is 0 Å². The summed E-state index contributed by atoms with van der Waals surface area (Å²) in [6.07, 6.45) is 3.60. The van der Waals surface area contributed by atoms with Crippen LogP contribution >= 0.6 is 0 Å². The van der Waals surface area contributed by atoms with Gasteiger partial charge in [0.1, 0.15) is 5.76 Å². The second-order valence-electron chi connectivity index (χ2n) is 8.78. The van der Waals surface area contributed by atoms with Crippen LogP contribution in [-0.2, 0) is 5.41 Å². The van der Waals surface area contributed by atoms with Gasteiger partial charge in [-0.1, -0.05) is 46.8 Å². The van der Waals surface area contributed by atoms with Gasteiger partial charge in [0.2, 0.25) is 0 Å². The number of nitrogens with zero attached hydrogens (tertiary/aromatic N) is 2. The van der Waals surface area contributed by atoms with Gasteiger partial charge in [0.15, 0.2) is 5.89 Å². The van der Waals surface area contributed by atoms with Crippen molar-refractivity contribution in [3.05, 3.63) is 47.7 Å². The molecule has 5 nitrogen and oxygen atoms in total. The van der Waals surface area contributed by atoms with E-state index < -0.39 is 0 Å². The first-order valence-corrected chi connectivity index (χ1v) is 9.86. The third-order valence-corrected chi connectivity index (χ3v) is 5.22. The Hall–Kier alpha value is -2.30. The van der Waals surface area contributed by atoms with Crippen LogP contribution in [0.15, 0.2) is 34.9 Å². The molecule has 0 spiro atoms. The number of carbonyl (C=O) groups is 1. The predicted molar refractivity (Wildman–Crippen MR) is 108 cm³/mol. The standard InChI is InChI=1S/C22H31N3O2/c1-15(2)16-6-8-18(9-7-16)24-21(26)25-12-10-17(11-13-25)20-23-14-19(27-20)22(3,4)5/h6-9,14-15,17H,10-13H2,1-5H3,(H,24,26). The number of piperidine rings is 1. The normalized spacial score (nSPS) is 16.0. The highest BCUT2D eigenvalue weighted by atomic mass is 16.4. The fourth-order valence-electron chi connectivity index (χ4n) is 3.31. The van der Waals surface area contributed by atoms with Crippen molar-refractivity contribution in [3.63, 3.8) is 0 Å². The Balaban J connectivity index is 1.54. The molecule has 0 radical (unpaired) electrons. The summed E-state index contributed by atoms with van der Waals surface area (Å²) in [4.78, 5) is 18.9. The van der Waals surface area contributed by atoms with Crippen molar-refractivity contribution in [1.29, 1.82) is 0 Å². The SMILES string of the molecule is CC(C)c1ccc(NC(=O)N2CCC(c3ncc(C(C)(C)C)o3)CC2)cc1. The largest absolute Gasteiger partial charge is 0.445 e. The average Bonchev–Trinajstić information content (AvgIpc) is 3.13. The lowest BCUT2D eigenvalue weighted by Gasteiger charge is -2.30. The second kappa shape index (κ2) is 7.75. The lowest BCUT2D eigenvalue weighted by Crippen LogP contribution is -2.40. The lowest BCUT2D eigenvalue weighted by molar-refractivity contribution is 0.189. The number of hydrogen-bond acceptors (Lipinski definition) is 3. The Morgan fingerprint density at radius 3 is 2.33 bits per heavy atom. The maximum absolute atomic E-state index is 12.5. The number of nitrogens with one attached hydrogen (secondary N) is 1. The fourth-order valence-corrected chi connectivity index (χ4v) is 3.31. The summed E-state index contributed by atoms with van der Waals surface area (Å²) in [5.74, 6) is 2.50. The van der Waals surface area contributed by atoms with E-state index in [9.17, 15) is 4.79 Å². The molecule has 1 aliphatic rings. The number of hydrogen-bond donors (Lipinski definition) is 1. The predicted octanol–water partition coefficient (Wildman–Crippen LogP) is 5.51. The Bertz CT molecular complexity index is 764. The third-order valence-electron chi connectivity index (χ3n) is 5.22. The van der Waals surface area contributed by atoms with Crippen molar-refractivity contribution in [2.75, 3.05) is 18.4 Å². The topological polar surface area (TPSA) is 58.4 Å². The Morgan fingerprint density at radius 1 is 1.19 bits per heavy atom.